The Bertz CT molecular complexity index is 1540. The van der Waals surface area contributed by atoms with Crippen molar-refractivity contribution in [3.63, 3.8) is 0 Å². The molecule has 196 valence electrons. The van der Waals surface area contributed by atoms with Crippen LogP contribution in [0.2, 0.25) is 10.0 Å². The standard InChI is InChI=1S/C27H20Cl2F3N3O3/c28-22-6-4-17(11-23(22)29)14-35-24-7-5-19(37-15-18-3-1-2-16(10-18)13-34)12-21(24)20(8-9-33)25(35)38-26(36)27(30,31)32/h1-7,10-12H,8-9,14-15,33H2. The second kappa shape index (κ2) is 11.4. The van der Waals surface area contributed by atoms with Crippen LogP contribution in [0.3, 0.4) is 0 Å². The molecule has 0 radical (unpaired) electrons. The van der Waals surface area contributed by atoms with Crippen molar-refractivity contribution in [1.29, 1.82) is 5.26 Å². The Balaban J connectivity index is 1.78. The highest BCUT2D eigenvalue weighted by atomic mass is 35.5. The highest BCUT2D eigenvalue weighted by Crippen LogP contribution is 2.37. The molecule has 6 nitrogen and oxygen atoms in total. The fourth-order valence-corrected chi connectivity index (χ4v) is 4.31. The summed E-state index contributed by atoms with van der Waals surface area (Å²) >= 11 is 12.1. The van der Waals surface area contributed by atoms with Crippen LogP contribution in [0.25, 0.3) is 10.9 Å². The lowest BCUT2D eigenvalue weighted by molar-refractivity contribution is -0.190. The zero-order valence-corrected chi connectivity index (χ0v) is 21.2. The average molecular weight is 562 g/mol. The summed E-state index contributed by atoms with van der Waals surface area (Å²) in [4.78, 5) is 11.9. The third-order valence-electron chi connectivity index (χ3n) is 5.69. The number of halogens is 5. The summed E-state index contributed by atoms with van der Waals surface area (Å²) < 4.78 is 51.8. The molecule has 0 spiro atoms. The van der Waals surface area contributed by atoms with Crippen molar-refractivity contribution >= 4 is 40.1 Å². The smallest absolute Gasteiger partial charge is 0.489 e. The molecule has 3 aromatic carbocycles. The number of esters is 1. The second-order valence-corrected chi connectivity index (χ2v) is 9.14. The molecule has 0 bridgehead atoms. The Labute approximate surface area is 225 Å². The van der Waals surface area contributed by atoms with E-state index in [1.54, 1.807) is 54.6 Å². The molecule has 11 heteroatoms. The van der Waals surface area contributed by atoms with E-state index in [1.807, 2.05) is 6.07 Å². The number of alkyl halides is 3. The Morgan fingerprint density at radius 2 is 1.82 bits per heavy atom. The summed E-state index contributed by atoms with van der Waals surface area (Å²) in [5.41, 5.74) is 8.49. The number of ether oxygens (including phenoxy) is 2. The summed E-state index contributed by atoms with van der Waals surface area (Å²) in [5, 5.41) is 10.2. The van der Waals surface area contributed by atoms with Gasteiger partial charge in [0.15, 0.2) is 0 Å². The van der Waals surface area contributed by atoms with E-state index in [1.165, 1.54) is 4.57 Å². The van der Waals surface area contributed by atoms with Crippen LogP contribution in [0, 0.1) is 11.3 Å². The van der Waals surface area contributed by atoms with Crippen molar-refractivity contribution in [2.75, 3.05) is 6.54 Å². The zero-order chi connectivity index (χ0) is 27.4. The minimum atomic E-state index is -5.20. The minimum Gasteiger partial charge on any atom is -0.489 e. The van der Waals surface area contributed by atoms with Crippen molar-refractivity contribution in [1.82, 2.24) is 4.57 Å². The van der Waals surface area contributed by atoms with Gasteiger partial charge in [0.05, 0.1) is 33.7 Å². The molecule has 4 rings (SSSR count). The molecular formula is C27H20Cl2F3N3O3. The molecule has 0 atom stereocenters. The summed E-state index contributed by atoms with van der Waals surface area (Å²) in [6, 6.07) is 18.8. The van der Waals surface area contributed by atoms with Crippen molar-refractivity contribution in [2.24, 2.45) is 5.73 Å². The van der Waals surface area contributed by atoms with Gasteiger partial charge >= 0.3 is 12.1 Å². The quantitative estimate of drug-likeness (QED) is 0.251. The first-order chi connectivity index (χ1) is 18.1. The van der Waals surface area contributed by atoms with Gasteiger partial charge in [0.1, 0.15) is 12.4 Å². The highest BCUT2D eigenvalue weighted by Gasteiger charge is 2.42. The lowest BCUT2D eigenvalue weighted by Crippen LogP contribution is -2.29. The van der Waals surface area contributed by atoms with Gasteiger partial charge in [-0.2, -0.15) is 18.4 Å². The van der Waals surface area contributed by atoms with Gasteiger partial charge in [-0.1, -0.05) is 41.4 Å². The predicted molar refractivity (Wildman–Crippen MR) is 137 cm³/mol. The van der Waals surface area contributed by atoms with E-state index in [0.29, 0.717) is 38.4 Å². The molecule has 0 saturated heterocycles. The van der Waals surface area contributed by atoms with Crippen molar-refractivity contribution < 1.29 is 27.4 Å². The highest BCUT2D eigenvalue weighted by molar-refractivity contribution is 6.42. The Morgan fingerprint density at radius 1 is 1.03 bits per heavy atom. The Morgan fingerprint density at radius 3 is 2.50 bits per heavy atom. The predicted octanol–water partition coefficient (Wildman–Crippen LogP) is 6.42. The number of nitrogens with zero attached hydrogens (tertiary/aromatic N) is 2. The SMILES string of the molecule is N#Cc1cccc(COc2ccc3c(c2)c(CCN)c(OC(=O)C(F)(F)F)n3Cc2ccc(Cl)c(Cl)c2)c1. The maximum absolute atomic E-state index is 13.2. The topological polar surface area (TPSA) is 90.3 Å². The number of hydrogen-bond acceptors (Lipinski definition) is 5. The van der Waals surface area contributed by atoms with E-state index in [2.05, 4.69) is 6.07 Å². The number of nitriles is 1. The maximum Gasteiger partial charge on any atom is 0.491 e. The van der Waals surface area contributed by atoms with Crippen LogP contribution in [-0.4, -0.2) is 23.3 Å². The van der Waals surface area contributed by atoms with Gasteiger partial charge in [-0.3, -0.25) is 0 Å². The number of rotatable bonds is 8. The first kappa shape index (κ1) is 27.3. The second-order valence-electron chi connectivity index (χ2n) is 8.32. The van der Waals surface area contributed by atoms with Gasteiger partial charge in [0.25, 0.3) is 0 Å². The number of fused-ring (bicyclic) bond motifs is 1. The Hall–Kier alpha value is -3.71. The van der Waals surface area contributed by atoms with Crippen molar-refractivity contribution in [3.8, 4) is 17.7 Å². The van der Waals surface area contributed by atoms with Crippen LogP contribution in [0.4, 0.5) is 13.2 Å². The lowest BCUT2D eigenvalue weighted by atomic mass is 10.1. The largest absolute Gasteiger partial charge is 0.491 e. The molecule has 1 aromatic heterocycles. The van der Waals surface area contributed by atoms with Gasteiger partial charge in [0, 0.05) is 10.9 Å². The molecule has 0 unspecified atom stereocenters. The number of benzene rings is 3. The van der Waals surface area contributed by atoms with E-state index in [4.69, 9.17) is 43.7 Å². The van der Waals surface area contributed by atoms with E-state index in [9.17, 15) is 18.0 Å². The van der Waals surface area contributed by atoms with Gasteiger partial charge in [-0.25, -0.2) is 4.79 Å². The number of aromatic nitrogens is 1. The van der Waals surface area contributed by atoms with E-state index >= 15 is 0 Å². The third-order valence-corrected chi connectivity index (χ3v) is 6.43. The van der Waals surface area contributed by atoms with Crippen LogP contribution >= 0.6 is 23.2 Å². The van der Waals surface area contributed by atoms with E-state index < -0.39 is 12.1 Å². The number of nitrogens with two attached hydrogens (primary N) is 1. The summed E-state index contributed by atoms with van der Waals surface area (Å²) in [5.74, 6) is -2.18. The molecule has 0 aliphatic heterocycles. The molecule has 0 amide bonds. The lowest BCUT2D eigenvalue weighted by Gasteiger charge is -2.14. The van der Waals surface area contributed by atoms with Crippen LogP contribution in [0.1, 0.15) is 22.3 Å². The number of hydrogen-bond donors (Lipinski definition) is 1. The van der Waals surface area contributed by atoms with Crippen LogP contribution in [0.15, 0.2) is 60.7 Å². The van der Waals surface area contributed by atoms with Gasteiger partial charge in [-0.05, 0) is 66.6 Å². The van der Waals surface area contributed by atoms with Crippen molar-refractivity contribution in [3.05, 3.63) is 93.0 Å². The maximum atomic E-state index is 13.2. The molecular weight excluding hydrogens is 542 g/mol. The van der Waals surface area contributed by atoms with Gasteiger partial charge < -0.3 is 19.8 Å². The normalized spacial score (nSPS) is 11.4. The average Bonchev–Trinajstić information content (AvgIpc) is 3.16. The summed E-state index contributed by atoms with van der Waals surface area (Å²) in [7, 11) is 0. The molecule has 38 heavy (non-hydrogen) atoms. The first-order valence-corrected chi connectivity index (χ1v) is 12.1. The van der Waals surface area contributed by atoms with E-state index in [-0.39, 0.29) is 37.0 Å². The van der Waals surface area contributed by atoms with Gasteiger partial charge in [-0.15, -0.1) is 0 Å². The van der Waals surface area contributed by atoms with Crippen LogP contribution in [0.5, 0.6) is 11.6 Å². The molecule has 1 heterocycles. The molecule has 0 aliphatic rings. The molecule has 2 N–H and O–H groups in total. The third kappa shape index (κ3) is 6.05. The molecule has 0 aliphatic carbocycles. The zero-order valence-electron chi connectivity index (χ0n) is 19.7. The Kier molecular flexibility index (Phi) is 8.17. The summed E-state index contributed by atoms with van der Waals surface area (Å²) in [6.07, 6.45) is -5.06. The fraction of sp³-hybridized carbons (Fsp3) is 0.185. The fourth-order valence-electron chi connectivity index (χ4n) is 3.99. The molecule has 4 aromatic rings. The van der Waals surface area contributed by atoms with Crippen LogP contribution in [-0.2, 0) is 24.4 Å². The monoisotopic (exact) mass is 561 g/mol. The molecule has 0 fully saturated rings. The number of carbonyl (C=O) groups is 1. The van der Waals surface area contributed by atoms with Crippen LogP contribution < -0.4 is 15.2 Å². The first-order valence-electron chi connectivity index (χ1n) is 11.3. The molecule has 0 saturated carbocycles. The number of carbonyl (C=O) groups excluding carboxylic acids is 1. The summed E-state index contributed by atoms with van der Waals surface area (Å²) in [6.45, 7) is 0.293. The van der Waals surface area contributed by atoms with Gasteiger partial charge in [0.2, 0.25) is 5.88 Å². The van der Waals surface area contributed by atoms with Crippen molar-refractivity contribution in [2.45, 2.75) is 25.7 Å². The van der Waals surface area contributed by atoms with E-state index in [0.717, 1.165) is 5.56 Å². The minimum absolute atomic E-state index is 0.0413.